The van der Waals surface area contributed by atoms with Gasteiger partial charge < -0.3 is 14.8 Å². The molecule has 26 heavy (non-hydrogen) atoms. The Bertz CT molecular complexity index is 728. The lowest BCUT2D eigenvalue weighted by atomic mass is 10.0. The predicted molar refractivity (Wildman–Crippen MR) is 100 cm³/mol. The Hall–Kier alpha value is -2.53. The molecule has 2 aromatic carbocycles. The number of halogens is 1. The standard InChI is InChI=1S/C20H22ClNO4/c1-3-12-25-17-8-10-18(11-9-17)26-20(24)13-19(22-14(2)23)15-4-6-16(21)7-5-15/h4-11,19H,3,12-13H2,1-2H3,(H,22,23). The summed E-state index contributed by atoms with van der Waals surface area (Å²) in [5, 5.41) is 3.35. The molecule has 1 unspecified atom stereocenters. The van der Waals surface area contributed by atoms with E-state index in [1.54, 1.807) is 48.5 Å². The van der Waals surface area contributed by atoms with Crippen LogP contribution in [-0.4, -0.2) is 18.5 Å². The monoisotopic (exact) mass is 375 g/mol. The van der Waals surface area contributed by atoms with Crippen LogP contribution in [-0.2, 0) is 9.59 Å². The molecule has 0 fully saturated rings. The zero-order valence-corrected chi connectivity index (χ0v) is 15.6. The molecule has 0 saturated heterocycles. The van der Waals surface area contributed by atoms with E-state index in [9.17, 15) is 9.59 Å². The molecule has 0 radical (unpaired) electrons. The summed E-state index contributed by atoms with van der Waals surface area (Å²) in [7, 11) is 0. The first kappa shape index (κ1) is 19.8. The molecule has 2 aromatic rings. The Kier molecular flexibility index (Phi) is 7.48. The van der Waals surface area contributed by atoms with Crippen molar-refractivity contribution in [3.8, 4) is 11.5 Å². The van der Waals surface area contributed by atoms with E-state index in [4.69, 9.17) is 21.1 Å². The second-order valence-corrected chi connectivity index (χ2v) is 6.24. The molecule has 1 N–H and O–H groups in total. The summed E-state index contributed by atoms with van der Waals surface area (Å²) in [6.45, 7) is 4.07. The van der Waals surface area contributed by atoms with Gasteiger partial charge in [-0.3, -0.25) is 9.59 Å². The highest BCUT2D eigenvalue weighted by molar-refractivity contribution is 6.30. The zero-order valence-electron chi connectivity index (χ0n) is 14.8. The Morgan fingerprint density at radius 1 is 1.04 bits per heavy atom. The van der Waals surface area contributed by atoms with Crippen LogP contribution in [0.1, 0.15) is 38.3 Å². The lowest BCUT2D eigenvalue weighted by Crippen LogP contribution is -2.29. The van der Waals surface area contributed by atoms with Crippen molar-refractivity contribution in [2.75, 3.05) is 6.61 Å². The second-order valence-electron chi connectivity index (χ2n) is 5.80. The average molecular weight is 376 g/mol. The third kappa shape index (κ3) is 6.41. The van der Waals surface area contributed by atoms with E-state index in [1.165, 1.54) is 6.92 Å². The second kappa shape index (κ2) is 9.82. The van der Waals surface area contributed by atoms with Crippen LogP contribution in [0.3, 0.4) is 0 Å². The van der Waals surface area contributed by atoms with Gasteiger partial charge in [-0.15, -0.1) is 0 Å². The minimum absolute atomic E-state index is 0.00922. The molecular formula is C20H22ClNO4. The number of amides is 1. The Morgan fingerprint density at radius 3 is 2.23 bits per heavy atom. The normalized spacial score (nSPS) is 11.5. The van der Waals surface area contributed by atoms with Gasteiger partial charge >= 0.3 is 5.97 Å². The first-order valence-electron chi connectivity index (χ1n) is 8.44. The molecule has 138 valence electrons. The number of esters is 1. The molecule has 5 nitrogen and oxygen atoms in total. The van der Waals surface area contributed by atoms with Crippen LogP contribution < -0.4 is 14.8 Å². The topological polar surface area (TPSA) is 64.6 Å². The van der Waals surface area contributed by atoms with Gasteiger partial charge in [0.1, 0.15) is 11.5 Å². The molecule has 1 amide bonds. The Labute approximate surface area is 158 Å². The first-order valence-corrected chi connectivity index (χ1v) is 8.82. The summed E-state index contributed by atoms with van der Waals surface area (Å²) >= 11 is 5.89. The molecule has 0 aliphatic carbocycles. The molecule has 0 saturated carbocycles. The van der Waals surface area contributed by atoms with E-state index in [-0.39, 0.29) is 12.3 Å². The smallest absolute Gasteiger partial charge is 0.313 e. The van der Waals surface area contributed by atoms with Gasteiger partial charge in [0.2, 0.25) is 5.91 Å². The predicted octanol–water partition coefficient (Wildman–Crippen LogP) is 4.30. The van der Waals surface area contributed by atoms with Gasteiger partial charge in [0.15, 0.2) is 0 Å². The van der Waals surface area contributed by atoms with Gasteiger partial charge in [0.25, 0.3) is 0 Å². The van der Waals surface area contributed by atoms with Crippen LogP contribution in [0.25, 0.3) is 0 Å². The first-order chi connectivity index (χ1) is 12.5. The molecule has 0 aromatic heterocycles. The van der Waals surface area contributed by atoms with Crippen LogP contribution in [0.15, 0.2) is 48.5 Å². The van der Waals surface area contributed by atoms with Gasteiger partial charge in [-0.25, -0.2) is 0 Å². The Morgan fingerprint density at radius 2 is 1.65 bits per heavy atom. The van der Waals surface area contributed by atoms with E-state index in [1.807, 2.05) is 6.92 Å². The fraction of sp³-hybridized carbons (Fsp3) is 0.300. The Balaban J connectivity index is 2.00. The van der Waals surface area contributed by atoms with Crippen molar-refractivity contribution in [3.63, 3.8) is 0 Å². The van der Waals surface area contributed by atoms with E-state index in [0.717, 1.165) is 17.7 Å². The van der Waals surface area contributed by atoms with Gasteiger partial charge in [0, 0.05) is 11.9 Å². The summed E-state index contributed by atoms with van der Waals surface area (Å²) in [5.41, 5.74) is 0.782. The molecule has 0 heterocycles. The highest BCUT2D eigenvalue weighted by Gasteiger charge is 2.18. The molecule has 0 aliphatic heterocycles. The van der Waals surface area contributed by atoms with Crippen LogP contribution in [0.5, 0.6) is 11.5 Å². The largest absolute Gasteiger partial charge is 0.494 e. The van der Waals surface area contributed by atoms with Crippen molar-refractivity contribution in [1.82, 2.24) is 5.32 Å². The lowest BCUT2D eigenvalue weighted by Gasteiger charge is -2.17. The third-order valence-corrected chi connectivity index (χ3v) is 3.80. The molecule has 0 bridgehead atoms. The summed E-state index contributed by atoms with van der Waals surface area (Å²) in [5.74, 6) is 0.483. The number of benzene rings is 2. The molecule has 6 heteroatoms. The van der Waals surface area contributed by atoms with E-state index >= 15 is 0 Å². The molecule has 1 atom stereocenters. The highest BCUT2D eigenvalue weighted by Crippen LogP contribution is 2.22. The van der Waals surface area contributed by atoms with Crippen molar-refractivity contribution in [1.29, 1.82) is 0 Å². The quantitative estimate of drug-likeness (QED) is 0.551. The van der Waals surface area contributed by atoms with E-state index < -0.39 is 12.0 Å². The van der Waals surface area contributed by atoms with Crippen molar-refractivity contribution < 1.29 is 19.1 Å². The number of nitrogens with one attached hydrogen (secondary N) is 1. The maximum Gasteiger partial charge on any atom is 0.313 e. The maximum atomic E-state index is 12.3. The van der Waals surface area contributed by atoms with Crippen LogP contribution in [0, 0.1) is 0 Å². The zero-order chi connectivity index (χ0) is 18.9. The van der Waals surface area contributed by atoms with E-state index in [0.29, 0.717) is 17.4 Å². The molecular weight excluding hydrogens is 354 g/mol. The number of ether oxygens (including phenoxy) is 2. The minimum atomic E-state index is -0.482. The van der Waals surface area contributed by atoms with Crippen LogP contribution >= 0.6 is 11.6 Å². The van der Waals surface area contributed by atoms with Gasteiger partial charge in [-0.2, -0.15) is 0 Å². The summed E-state index contributed by atoms with van der Waals surface area (Å²) in [4.78, 5) is 23.7. The van der Waals surface area contributed by atoms with Crippen LogP contribution in [0.2, 0.25) is 5.02 Å². The number of carbonyl (C=O) groups excluding carboxylic acids is 2. The summed E-state index contributed by atoms with van der Waals surface area (Å²) < 4.78 is 10.9. The molecule has 0 aliphatic rings. The van der Waals surface area contributed by atoms with Gasteiger partial charge in [-0.1, -0.05) is 30.7 Å². The third-order valence-electron chi connectivity index (χ3n) is 3.55. The fourth-order valence-corrected chi connectivity index (χ4v) is 2.48. The SMILES string of the molecule is CCCOc1ccc(OC(=O)CC(NC(C)=O)c2ccc(Cl)cc2)cc1. The fourth-order valence-electron chi connectivity index (χ4n) is 2.36. The van der Waals surface area contributed by atoms with Crippen LogP contribution in [0.4, 0.5) is 0 Å². The van der Waals surface area contributed by atoms with Crippen molar-refractivity contribution >= 4 is 23.5 Å². The molecule has 2 rings (SSSR count). The minimum Gasteiger partial charge on any atom is -0.494 e. The molecule has 0 spiro atoms. The number of rotatable bonds is 8. The van der Waals surface area contributed by atoms with E-state index in [2.05, 4.69) is 5.32 Å². The van der Waals surface area contributed by atoms with Crippen molar-refractivity contribution in [2.24, 2.45) is 0 Å². The van der Waals surface area contributed by atoms with Gasteiger partial charge in [0.05, 0.1) is 19.1 Å². The number of hydrogen-bond acceptors (Lipinski definition) is 4. The van der Waals surface area contributed by atoms with Crippen molar-refractivity contribution in [3.05, 3.63) is 59.1 Å². The average Bonchev–Trinajstić information content (AvgIpc) is 2.61. The number of carbonyl (C=O) groups is 2. The summed E-state index contributed by atoms with van der Waals surface area (Å²) in [6.07, 6.45) is 0.932. The van der Waals surface area contributed by atoms with Crippen molar-refractivity contribution in [2.45, 2.75) is 32.7 Å². The summed E-state index contributed by atoms with van der Waals surface area (Å²) in [6, 6.07) is 13.4. The lowest BCUT2D eigenvalue weighted by molar-refractivity contribution is -0.135. The highest BCUT2D eigenvalue weighted by atomic mass is 35.5. The number of hydrogen-bond donors (Lipinski definition) is 1. The maximum absolute atomic E-state index is 12.3. The van der Waals surface area contributed by atoms with Gasteiger partial charge in [-0.05, 0) is 48.4 Å².